The summed E-state index contributed by atoms with van der Waals surface area (Å²) in [5.41, 5.74) is 2.32. The molecule has 1 unspecified atom stereocenters. The Morgan fingerprint density at radius 3 is 2.58 bits per heavy atom. The van der Waals surface area contributed by atoms with Gasteiger partial charge in [0.1, 0.15) is 0 Å². The molecule has 0 aliphatic carbocycles. The van der Waals surface area contributed by atoms with E-state index < -0.39 is 0 Å². The molecule has 2 aromatic rings. The van der Waals surface area contributed by atoms with Crippen LogP contribution < -0.4 is 5.32 Å². The maximum Gasteiger partial charge on any atom is 0.223 e. The molecule has 2 aliphatic heterocycles. The molecule has 2 aliphatic rings. The lowest BCUT2D eigenvalue weighted by Gasteiger charge is -2.36. The Kier molecular flexibility index (Phi) is 7.96. The van der Waals surface area contributed by atoms with Gasteiger partial charge in [-0.3, -0.25) is 14.6 Å². The first kappa shape index (κ1) is 22.7. The van der Waals surface area contributed by atoms with Crippen molar-refractivity contribution in [1.82, 2.24) is 20.1 Å². The third-order valence-corrected chi connectivity index (χ3v) is 7.30. The van der Waals surface area contributed by atoms with E-state index in [0.717, 1.165) is 74.5 Å². The first-order valence-electron chi connectivity index (χ1n) is 11.1. The fourth-order valence-corrected chi connectivity index (χ4v) is 5.17. The maximum absolute atomic E-state index is 12.9. The van der Waals surface area contributed by atoms with Crippen molar-refractivity contribution in [3.8, 4) is 0 Å². The van der Waals surface area contributed by atoms with Crippen molar-refractivity contribution in [1.29, 1.82) is 0 Å². The minimum atomic E-state index is 0.0870. The number of aryl methyl sites for hydroxylation is 1. The van der Waals surface area contributed by atoms with Crippen LogP contribution >= 0.6 is 22.9 Å². The van der Waals surface area contributed by atoms with Crippen LogP contribution in [0.1, 0.15) is 35.1 Å². The summed E-state index contributed by atoms with van der Waals surface area (Å²) in [6.45, 7) is 8.63. The van der Waals surface area contributed by atoms with E-state index in [1.165, 1.54) is 5.56 Å². The maximum atomic E-state index is 12.9. The highest BCUT2D eigenvalue weighted by Crippen LogP contribution is 2.24. The summed E-state index contributed by atoms with van der Waals surface area (Å²) >= 11 is 7.78. The molecule has 1 N–H and O–H groups in total. The number of nitrogens with one attached hydrogen (secondary N) is 1. The normalized spacial score (nSPS) is 19.9. The van der Waals surface area contributed by atoms with E-state index in [2.05, 4.69) is 37.6 Å². The number of ether oxygens (including phenoxy) is 1. The predicted octanol–water partition coefficient (Wildman–Crippen LogP) is 3.51. The van der Waals surface area contributed by atoms with Crippen LogP contribution in [0.2, 0.25) is 5.02 Å². The van der Waals surface area contributed by atoms with E-state index in [1.807, 2.05) is 19.1 Å². The summed E-state index contributed by atoms with van der Waals surface area (Å²) < 4.78 is 5.52. The number of aromatic nitrogens is 1. The van der Waals surface area contributed by atoms with Crippen LogP contribution in [-0.2, 0) is 16.1 Å². The Labute approximate surface area is 193 Å². The second-order valence-corrected chi connectivity index (χ2v) is 9.87. The van der Waals surface area contributed by atoms with Crippen LogP contribution in [0.25, 0.3) is 0 Å². The summed E-state index contributed by atoms with van der Waals surface area (Å²) in [7, 11) is 0. The molecule has 0 saturated carbocycles. The van der Waals surface area contributed by atoms with Gasteiger partial charge in [-0.1, -0.05) is 23.7 Å². The van der Waals surface area contributed by atoms with Crippen LogP contribution in [0.15, 0.2) is 29.6 Å². The van der Waals surface area contributed by atoms with E-state index in [4.69, 9.17) is 16.3 Å². The number of hydrogen-bond acceptors (Lipinski definition) is 6. The predicted molar refractivity (Wildman–Crippen MR) is 124 cm³/mol. The zero-order valence-electron chi connectivity index (χ0n) is 18.1. The number of piperidine rings is 1. The summed E-state index contributed by atoms with van der Waals surface area (Å²) in [5, 5.41) is 7.22. The first-order chi connectivity index (χ1) is 15.1. The van der Waals surface area contributed by atoms with Gasteiger partial charge >= 0.3 is 0 Å². The highest BCUT2D eigenvalue weighted by molar-refractivity contribution is 7.09. The molecule has 6 nitrogen and oxygen atoms in total. The number of thiazole rings is 1. The molecule has 1 amide bonds. The zero-order valence-corrected chi connectivity index (χ0v) is 19.6. The quantitative estimate of drug-likeness (QED) is 0.682. The summed E-state index contributed by atoms with van der Waals surface area (Å²) in [5.74, 6) is 0.264. The average molecular weight is 463 g/mol. The number of benzene rings is 1. The van der Waals surface area contributed by atoms with Crippen molar-refractivity contribution in [2.45, 2.75) is 32.4 Å². The lowest BCUT2D eigenvalue weighted by molar-refractivity contribution is -0.126. The number of morpholine rings is 1. The second kappa shape index (κ2) is 10.9. The summed E-state index contributed by atoms with van der Waals surface area (Å²) in [6, 6.07) is 8.11. The molecule has 0 radical (unpaired) electrons. The molecule has 1 aromatic carbocycles. The molecule has 31 heavy (non-hydrogen) atoms. The Balaban J connectivity index is 1.30. The summed E-state index contributed by atoms with van der Waals surface area (Å²) in [4.78, 5) is 22.3. The summed E-state index contributed by atoms with van der Waals surface area (Å²) in [6.07, 6.45) is 1.80. The average Bonchev–Trinajstić information content (AvgIpc) is 3.20. The highest BCUT2D eigenvalue weighted by Gasteiger charge is 2.28. The van der Waals surface area contributed by atoms with Crippen LogP contribution in [0.3, 0.4) is 0 Å². The largest absolute Gasteiger partial charge is 0.379 e. The van der Waals surface area contributed by atoms with Crippen molar-refractivity contribution in [2.24, 2.45) is 5.92 Å². The molecular weight excluding hydrogens is 432 g/mol. The van der Waals surface area contributed by atoms with E-state index in [1.54, 1.807) is 11.3 Å². The standard InChI is InChI=1S/C23H31ClN4O2S/c1-17-26-21(16-31-17)15-27-8-6-19(7-9-27)23(29)25-14-22(28-10-12-30-13-11-28)18-2-4-20(24)5-3-18/h2-5,16,19,22H,6-15H2,1H3,(H,25,29). The molecule has 1 aromatic heterocycles. The number of carbonyl (C=O) groups is 1. The molecule has 3 heterocycles. The lowest BCUT2D eigenvalue weighted by atomic mass is 9.95. The molecule has 8 heteroatoms. The first-order valence-corrected chi connectivity index (χ1v) is 12.3. The van der Waals surface area contributed by atoms with Crippen molar-refractivity contribution in [3.63, 3.8) is 0 Å². The van der Waals surface area contributed by atoms with Crippen LogP contribution in [0, 0.1) is 12.8 Å². The van der Waals surface area contributed by atoms with Crippen LogP contribution in [0.5, 0.6) is 0 Å². The smallest absolute Gasteiger partial charge is 0.223 e. The van der Waals surface area contributed by atoms with E-state index in [0.29, 0.717) is 6.54 Å². The van der Waals surface area contributed by atoms with E-state index in [9.17, 15) is 4.79 Å². The molecule has 2 fully saturated rings. The second-order valence-electron chi connectivity index (χ2n) is 8.37. The van der Waals surface area contributed by atoms with Gasteiger partial charge in [-0.25, -0.2) is 4.98 Å². The van der Waals surface area contributed by atoms with Gasteiger partial charge in [-0.15, -0.1) is 11.3 Å². The molecule has 0 spiro atoms. The van der Waals surface area contributed by atoms with Crippen molar-refractivity contribution < 1.29 is 9.53 Å². The van der Waals surface area contributed by atoms with Crippen molar-refractivity contribution >= 4 is 28.8 Å². The SMILES string of the molecule is Cc1nc(CN2CCC(C(=O)NCC(c3ccc(Cl)cc3)N3CCOCC3)CC2)cs1. The number of carbonyl (C=O) groups excluding carboxylic acids is 1. The Bertz CT molecular complexity index is 846. The number of hydrogen-bond donors (Lipinski definition) is 1. The van der Waals surface area contributed by atoms with Gasteiger partial charge in [-0.05, 0) is 50.6 Å². The Hall–Kier alpha value is -1.51. The monoisotopic (exact) mass is 462 g/mol. The minimum Gasteiger partial charge on any atom is -0.379 e. The molecule has 4 rings (SSSR count). The van der Waals surface area contributed by atoms with Gasteiger partial charge in [0.15, 0.2) is 0 Å². The van der Waals surface area contributed by atoms with E-state index >= 15 is 0 Å². The van der Waals surface area contributed by atoms with Crippen LogP contribution in [-0.4, -0.2) is 66.6 Å². The number of rotatable bonds is 7. The fourth-order valence-electron chi connectivity index (χ4n) is 4.44. The van der Waals surface area contributed by atoms with Crippen LogP contribution in [0.4, 0.5) is 0 Å². The highest BCUT2D eigenvalue weighted by atomic mass is 35.5. The lowest BCUT2D eigenvalue weighted by Crippen LogP contribution is -2.46. The van der Waals surface area contributed by atoms with Crippen molar-refractivity contribution in [3.05, 3.63) is 50.9 Å². The molecule has 168 valence electrons. The molecule has 0 bridgehead atoms. The van der Waals surface area contributed by atoms with E-state index in [-0.39, 0.29) is 17.9 Å². The van der Waals surface area contributed by atoms with Gasteiger partial charge in [0.05, 0.1) is 30.0 Å². The van der Waals surface area contributed by atoms with Gasteiger partial charge < -0.3 is 10.1 Å². The Morgan fingerprint density at radius 2 is 1.94 bits per heavy atom. The molecular formula is C23H31ClN4O2S. The van der Waals surface area contributed by atoms with Gasteiger partial charge in [0.2, 0.25) is 5.91 Å². The molecule has 2 saturated heterocycles. The number of likely N-dealkylation sites (tertiary alicyclic amines) is 1. The van der Waals surface area contributed by atoms with Crippen molar-refractivity contribution in [2.75, 3.05) is 45.9 Å². The third-order valence-electron chi connectivity index (χ3n) is 6.22. The fraction of sp³-hybridized carbons (Fsp3) is 0.565. The zero-order chi connectivity index (χ0) is 21.6. The number of halogens is 1. The number of nitrogens with zero attached hydrogens (tertiary/aromatic N) is 3. The Morgan fingerprint density at radius 1 is 1.23 bits per heavy atom. The topological polar surface area (TPSA) is 57.7 Å². The molecule has 1 atom stereocenters. The third kappa shape index (κ3) is 6.26. The van der Waals surface area contributed by atoms with Gasteiger partial charge in [0.25, 0.3) is 0 Å². The van der Waals surface area contributed by atoms with Gasteiger partial charge in [-0.2, -0.15) is 0 Å². The minimum absolute atomic E-state index is 0.0870. The van der Waals surface area contributed by atoms with Gasteiger partial charge in [0, 0.05) is 42.5 Å². The number of amides is 1.